The summed E-state index contributed by atoms with van der Waals surface area (Å²) in [4.78, 5) is 3.35. The van der Waals surface area contributed by atoms with Crippen molar-refractivity contribution in [2.24, 2.45) is 0 Å². The van der Waals surface area contributed by atoms with Crippen LogP contribution >= 0.6 is 0 Å². The number of pyridine rings is 1. The van der Waals surface area contributed by atoms with E-state index in [1.807, 2.05) is 0 Å². The van der Waals surface area contributed by atoms with Crippen molar-refractivity contribution < 1.29 is 17.6 Å². The SMILES string of the molecule is Nc1ccc(C(F)C(F)(F)F)cn1. The van der Waals surface area contributed by atoms with Gasteiger partial charge in [-0.15, -0.1) is 0 Å². The number of aromatic nitrogens is 1. The normalized spacial score (nSPS) is 14.2. The van der Waals surface area contributed by atoms with Gasteiger partial charge in [0.25, 0.3) is 0 Å². The molecule has 2 N–H and O–H groups in total. The first kappa shape index (κ1) is 9.76. The zero-order chi connectivity index (χ0) is 10.1. The average Bonchev–Trinajstić information content (AvgIpc) is 2.03. The highest BCUT2D eigenvalue weighted by Gasteiger charge is 2.41. The highest BCUT2D eigenvalue weighted by molar-refractivity contribution is 5.30. The molecule has 1 atom stereocenters. The van der Waals surface area contributed by atoms with Crippen LogP contribution in [0.5, 0.6) is 0 Å². The van der Waals surface area contributed by atoms with Crippen LogP contribution in [0.25, 0.3) is 0 Å². The summed E-state index contributed by atoms with van der Waals surface area (Å²) in [6.45, 7) is 0. The molecule has 0 amide bonds. The first-order valence-electron chi connectivity index (χ1n) is 3.33. The van der Waals surface area contributed by atoms with Gasteiger partial charge in [0.05, 0.1) is 0 Å². The largest absolute Gasteiger partial charge is 0.423 e. The number of alkyl halides is 4. The molecule has 0 aliphatic heterocycles. The first-order valence-corrected chi connectivity index (χ1v) is 3.33. The molecule has 72 valence electrons. The third-order valence-electron chi connectivity index (χ3n) is 1.39. The van der Waals surface area contributed by atoms with Crippen LogP contribution in [-0.4, -0.2) is 11.2 Å². The van der Waals surface area contributed by atoms with Crippen LogP contribution in [0.15, 0.2) is 18.3 Å². The minimum atomic E-state index is -4.89. The van der Waals surface area contributed by atoms with E-state index in [0.717, 1.165) is 18.3 Å². The average molecular weight is 194 g/mol. The summed E-state index contributed by atoms with van der Waals surface area (Å²) in [5.41, 5.74) is 4.58. The number of nitrogens with two attached hydrogens (primary N) is 1. The number of rotatable bonds is 1. The van der Waals surface area contributed by atoms with E-state index in [9.17, 15) is 17.6 Å². The second kappa shape index (κ2) is 3.20. The molecule has 6 heteroatoms. The van der Waals surface area contributed by atoms with Gasteiger partial charge in [-0.2, -0.15) is 13.2 Å². The number of hydrogen-bond acceptors (Lipinski definition) is 2. The Morgan fingerprint density at radius 2 is 1.92 bits per heavy atom. The number of hydrogen-bond donors (Lipinski definition) is 1. The summed E-state index contributed by atoms with van der Waals surface area (Å²) in [6, 6.07) is 2.08. The van der Waals surface area contributed by atoms with Crippen LogP contribution < -0.4 is 5.73 Å². The molecule has 1 aromatic rings. The van der Waals surface area contributed by atoms with E-state index in [4.69, 9.17) is 5.73 Å². The van der Waals surface area contributed by atoms with Crippen LogP contribution in [0, 0.1) is 0 Å². The van der Waals surface area contributed by atoms with Crippen LogP contribution in [0.3, 0.4) is 0 Å². The van der Waals surface area contributed by atoms with Gasteiger partial charge in [0.1, 0.15) is 5.82 Å². The number of nitrogens with zero attached hydrogens (tertiary/aromatic N) is 1. The molecule has 1 unspecified atom stereocenters. The second-order valence-corrected chi connectivity index (χ2v) is 2.42. The number of nitrogen functional groups attached to an aromatic ring is 1. The Morgan fingerprint density at radius 3 is 2.31 bits per heavy atom. The van der Waals surface area contributed by atoms with Gasteiger partial charge in [0.2, 0.25) is 6.17 Å². The maximum atomic E-state index is 12.6. The molecule has 0 bridgehead atoms. The molecule has 1 aromatic heterocycles. The Hall–Kier alpha value is -1.33. The van der Waals surface area contributed by atoms with Gasteiger partial charge in [-0.05, 0) is 6.07 Å². The molecule has 0 fully saturated rings. The molecular weight excluding hydrogens is 188 g/mol. The molecule has 0 aliphatic carbocycles. The summed E-state index contributed by atoms with van der Waals surface area (Å²) < 4.78 is 48.0. The standard InChI is InChI=1S/C7H6F4N2/c8-6(7(9,10)11)4-1-2-5(12)13-3-4/h1-3,6H,(H2,12,13). The molecule has 13 heavy (non-hydrogen) atoms. The van der Waals surface area contributed by atoms with Crippen molar-refractivity contribution in [3.8, 4) is 0 Å². The van der Waals surface area contributed by atoms with Crippen LogP contribution in [0.4, 0.5) is 23.4 Å². The van der Waals surface area contributed by atoms with Crippen molar-refractivity contribution in [1.82, 2.24) is 4.98 Å². The molecule has 1 rings (SSSR count). The third-order valence-corrected chi connectivity index (χ3v) is 1.39. The molecule has 2 nitrogen and oxygen atoms in total. The molecule has 0 radical (unpaired) electrons. The lowest BCUT2D eigenvalue weighted by molar-refractivity contribution is -0.182. The maximum Gasteiger partial charge on any atom is 0.423 e. The minimum Gasteiger partial charge on any atom is -0.384 e. The Labute approximate surface area is 71.4 Å². The highest BCUT2D eigenvalue weighted by atomic mass is 19.4. The third kappa shape index (κ3) is 2.30. The fourth-order valence-electron chi connectivity index (χ4n) is 0.756. The first-order chi connectivity index (χ1) is 5.91. The van der Waals surface area contributed by atoms with E-state index in [1.165, 1.54) is 0 Å². The van der Waals surface area contributed by atoms with Crippen LogP contribution in [0.2, 0.25) is 0 Å². The molecule has 0 saturated heterocycles. The Bertz CT molecular complexity index is 280. The monoisotopic (exact) mass is 194 g/mol. The highest BCUT2D eigenvalue weighted by Crippen LogP contribution is 2.35. The lowest BCUT2D eigenvalue weighted by Crippen LogP contribution is -2.16. The fourth-order valence-corrected chi connectivity index (χ4v) is 0.756. The quantitative estimate of drug-likeness (QED) is 0.696. The van der Waals surface area contributed by atoms with Crippen molar-refractivity contribution in [3.05, 3.63) is 23.9 Å². The van der Waals surface area contributed by atoms with Crippen LogP contribution in [-0.2, 0) is 0 Å². The van der Waals surface area contributed by atoms with Crippen LogP contribution in [0.1, 0.15) is 11.7 Å². The second-order valence-electron chi connectivity index (χ2n) is 2.42. The molecule has 0 spiro atoms. The van der Waals surface area contributed by atoms with Crippen molar-refractivity contribution in [1.29, 1.82) is 0 Å². The zero-order valence-electron chi connectivity index (χ0n) is 6.35. The lowest BCUT2D eigenvalue weighted by Gasteiger charge is -2.11. The van der Waals surface area contributed by atoms with E-state index in [-0.39, 0.29) is 5.82 Å². The molecule has 0 saturated carbocycles. The number of anilines is 1. The molecule has 0 aliphatic rings. The lowest BCUT2D eigenvalue weighted by atomic mass is 10.2. The summed E-state index contributed by atoms with van der Waals surface area (Å²) in [6.07, 6.45) is -7.12. The van der Waals surface area contributed by atoms with Gasteiger partial charge in [-0.1, -0.05) is 6.07 Å². The van der Waals surface area contributed by atoms with E-state index in [1.54, 1.807) is 0 Å². The smallest absolute Gasteiger partial charge is 0.384 e. The van der Waals surface area contributed by atoms with Gasteiger partial charge in [0.15, 0.2) is 0 Å². The predicted molar refractivity (Wildman–Crippen MR) is 38.6 cm³/mol. The van der Waals surface area contributed by atoms with Crippen molar-refractivity contribution in [2.45, 2.75) is 12.3 Å². The predicted octanol–water partition coefficient (Wildman–Crippen LogP) is 2.24. The fraction of sp³-hybridized carbons (Fsp3) is 0.286. The Morgan fingerprint density at radius 1 is 1.31 bits per heavy atom. The van der Waals surface area contributed by atoms with E-state index >= 15 is 0 Å². The maximum absolute atomic E-state index is 12.6. The van der Waals surface area contributed by atoms with Gasteiger partial charge in [-0.25, -0.2) is 9.37 Å². The van der Waals surface area contributed by atoms with Gasteiger partial charge < -0.3 is 5.73 Å². The topological polar surface area (TPSA) is 38.9 Å². The molecule has 1 heterocycles. The van der Waals surface area contributed by atoms with Gasteiger partial charge >= 0.3 is 6.18 Å². The molecular formula is C7H6F4N2. The molecule has 0 aromatic carbocycles. The summed E-state index contributed by atoms with van der Waals surface area (Å²) in [5, 5.41) is 0. The summed E-state index contributed by atoms with van der Waals surface area (Å²) in [5.74, 6) is 0.0538. The van der Waals surface area contributed by atoms with E-state index < -0.39 is 17.9 Å². The van der Waals surface area contributed by atoms with E-state index in [2.05, 4.69) is 4.98 Å². The number of halogens is 4. The Kier molecular flexibility index (Phi) is 2.40. The van der Waals surface area contributed by atoms with Gasteiger partial charge in [0, 0.05) is 11.8 Å². The van der Waals surface area contributed by atoms with Crippen molar-refractivity contribution in [3.63, 3.8) is 0 Å². The Balaban J connectivity index is 2.90. The van der Waals surface area contributed by atoms with E-state index in [0.29, 0.717) is 0 Å². The van der Waals surface area contributed by atoms with Crippen molar-refractivity contribution in [2.75, 3.05) is 5.73 Å². The zero-order valence-corrected chi connectivity index (χ0v) is 6.35. The summed E-state index contributed by atoms with van der Waals surface area (Å²) in [7, 11) is 0. The van der Waals surface area contributed by atoms with Crippen molar-refractivity contribution >= 4 is 5.82 Å². The minimum absolute atomic E-state index is 0.0538. The van der Waals surface area contributed by atoms with Gasteiger partial charge in [-0.3, -0.25) is 0 Å². The summed E-state index contributed by atoms with van der Waals surface area (Å²) >= 11 is 0.